The number of hydrogen-bond acceptors (Lipinski definition) is 5. The van der Waals surface area contributed by atoms with Gasteiger partial charge in [-0.05, 0) is 65.6 Å². The molecule has 0 aliphatic carbocycles. The first-order valence-corrected chi connectivity index (χ1v) is 13.6. The standard InChI is InChI=1S/C32H44N2O4/c1-8-38-30(37)25-12-9-23(10-13-25)15-16-33-17-19-34(20-18-33)28(35)14-11-24-21-26(31(2,3)4)29(36)27(22-24)32(5,6)7/h9-14,21-22,36H,8,15-20H2,1-7H3. The second-order valence-corrected chi connectivity index (χ2v) is 12.1. The third-order valence-electron chi connectivity index (χ3n) is 7.03. The summed E-state index contributed by atoms with van der Waals surface area (Å²) in [5.41, 5.74) is 4.04. The molecular weight excluding hydrogens is 476 g/mol. The molecule has 6 heteroatoms. The quantitative estimate of drug-likeness (QED) is 0.382. The van der Waals surface area contributed by atoms with Crippen molar-refractivity contribution < 1.29 is 19.4 Å². The molecule has 0 aromatic heterocycles. The molecule has 0 saturated carbocycles. The number of piperazine rings is 1. The van der Waals surface area contributed by atoms with Crippen molar-refractivity contribution in [2.75, 3.05) is 39.3 Å². The third-order valence-corrected chi connectivity index (χ3v) is 7.03. The maximum Gasteiger partial charge on any atom is 0.338 e. The van der Waals surface area contributed by atoms with Crippen molar-refractivity contribution in [3.63, 3.8) is 0 Å². The van der Waals surface area contributed by atoms with Gasteiger partial charge in [0.15, 0.2) is 0 Å². The van der Waals surface area contributed by atoms with E-state index in [4.69, 9.17) is 4.74 Å². The van der Waals surface area contributed by atoms with Crippen molar-refractivity contribution in [2.24, 2.45) is 0 Å². The Morgan fingerprint density at radius 2 is 1.47 bits per heavy atom. The number of aromatic hydroxyl groups is 1. The van der Waals surface area contributed by atoms with Crippen LogP contribution in [0.5, 0.6) is 5.75 Å². The number of phenolic OH excluding ortho intramolecular Hbond substituents is 1. The Labute approximate surface area is 228 Å². The lowest BCUT2D eigenvalue weighted by atomic mass is 9.78. The number of carbonyl (C=O) groups excluding carboxylic acids is 2. The first-order chi connectivity index (χ1) is 17.8. The average Bonchev–Trinajstić information content (AvgIpc) is 2.86. The maximum atomic E-state index is 13.0. The molecule has 0 bridgehead atoms. The predicted octanol–water partition coefficient (Wildman–Crippen LogP) is 5.56. The molecule has 0 radical (unpaired) electrons. The first kappa shape index (κ1) is 29.4. The second kappa shape index (κ2) is 12.2. The number of ether oxygens (including phenoxy) is 1. The highest BCUT2D eigenvalue weighted by Crippen LogP contribution is 2.40. The molecule has 0 spiro atoms. The number of rotatable bonds is 7. The monoisotopic (exact) mass is 520 g/mol. The Balaban J connectivity index is 1.56. The van der Waals surface area contributed by atoms with Crippen LogP contribution in [0.1, 0.15) is 81.1 Å². The first-order valence-electron chi connectivity index (χ1n) is 13.6. The van der Waals surface area contributed by atoms with Crippen LogP contribution < -0.4 is 0 Å². The van der Waals surface area contributed by atoms with E-state index in [2.05, 4.69) is 46.4 Å². The molecule has 1 saturated heterocycles. The number of nitrogens with zero attached hydrogens (tertiary/aromatic N) is 2. The molecule has 1 amide bonds. The lowest BCUT2D eigenvalue weighted by Gasteiger charge is -2.34. The summed E-state index contributed by atoms with van der Waals surface area (Å²) in [6.07, 6.45) is 4.43. The molecule has 1 aliphatic heterocycles. The van der Waals surface area contributed by atoms with Gasteiger partial charge in [0, 0.05) is 49.9 Å². The highest BCUT2D eigenvalue weighted by Gasteiger charge is 2.26. The van der Waals surface area contributed by atoms with Gasteiger partial charge in [-0.3, -0.25) is 9.69 Å². The van der Waals surface area contributed by atoms with Crippen LogP contribution >= 0.6 is 0 Å². The van der Waals surface area contributed by atoms with Crippen LogP contribution in [0.15, 0.2) is 42.5 Å². The van der Waals surface area contributed by atoms with Gasteiger partial charge in [0.2, 0.25) is 5.91 Å². The van der Waals surface area contributed by atoms with E-state index in [-0.39, 0.29) is 22.7 Å². The second-order valence-electron chi connectivity index (χ2n) is 12.1. The van der Waals surface area contributed by atoms with Gasteiger partial charge in [-0.2, -0.15) is 0 Å². The fourth-order valence-electron chi connectivity index (χ4n) is 4.67. The van der Waals surface area contributed by atoms with Gasteiger partial charge in [-0.1, -0.05) is 53.7 Å². The van der Waals surface area contributed by atoms with Crippen molar-refractivity contribution >= 4 is 18.0 Å². The summed E-state index contributed by atoms with van der Waals surface area (Å²) < 4.78 is 5.04. The minimum absolute atomic E-state index is 0.0156. The number of carbonyl (C=O) groups is 2. The van der Waals surface area contributed by atoms with E-state index in [9.17, 15) is 14.7 Å². The van der Waals surface area contributed by atoms with E-state index < -0.39 is 0 Å². The molecular formula is C32H44N2O4. The Bertz CT molecular complexity index is 1110. The Hall–Kier alpha value is -3.12. The molecule has 1 fully saturated rings. The molecule has 206 valence electrons. The van der Waals surface area contributed by atoms with E-state index >= 15 is 0 Å². The topological polar surface area (TPSA) is 70.1 Å². The number of benzene rings is 2. The number of esters is 1. The van der Waals surface area contributed by atoms with E-state index in [0.717, 1.165) is 42.7 Å². The summed E-state index contributed by atoms with van der Waals surface area (Å²) in [4.78, 5) is 29.0. The molecule has 1 N–H and O–H groups in total. The summed E-state index contributed by atoms with van der Waals surface area (Å²) in [6, 6.07) is 11.6. The molecule has 0 atom stereocenters. The molecule has 1 heterocycles. The van der Waals surface area contributed by atoms with E-state index in [0.29, 0.717) is 31.0 Å². The molecule has 6 nitrogen and oxygen atoms in total. The maximum absolute atomic E-state index is 13.0. The highest BCUT2D eigenvalue weighted by atomic mass is 16.5. The zero-order chi connectivity index (χ0) is 28.1. The van der Waals surface area contributed by atoms with E-state index in [1.165, 1.54) is 5.56 Å². The normalized spacial score (nSPS) is 15.2. The Morgan fingerprint density at radius 3 is 1.97 bits per heavy atom. The molecule has 1 aliphatic rings. The summed E-state index contributed by atoms with van der Waals surface area (Å²) in [5.74, 6) is 0.0741. The smallest absolute Gasteiger partial charge is 0.338 e. The van der Waals surface area contributed by atoms with Gasteiger partial charge < -0.3 is 14.7 Å². The Morgan fingerprint density at radius 1 is 0.921 bits per heavy atom. The number of amides is 1. The zero-order valence-electron chi connectivity index (χ0n) is 24.1. The average molecular weight is 521 g/mol. The van der Waals surface area contributed by atoms with Crippen LogP contribution in [-0.4, -0.2) is 66.1 Å². The summed E-state index contributed by atoms with van der Waals surface area (Å²) in [6.45, 7) is 18.7. The van der Waals surface area contributed by atoms with Gasteiger partial charge in [0.1, 0.15) is 5.75 Å². The van der Waals surface area contributed by atoms with Crippen molar-refractivity contribution in [2.45, 2.75) is 65.7 Å². The number of hydrogen-bond donors (Lipinski definition) is 1. The summed E-state index contributed by atoms with van der Waals surface area (Å²) in [5, 5.41) is 10.9. The van der Waals surface area contributed by atoms with Crippen LogP contribution in [0.4, 0.5) is 0 Å². The minimum atomic E-state index is -0.288. The van der Waals surface area contributed by atoms with Gasteiger partial charge >= 0.3 is 5.97 Å². The van der Waals surface area contributed by atoms with Crippen molar-refractivity contribution in [1.29, 1.82) is 0 Å². The van der Waals surface area contributed by atoms with Crippen LogP contribution in [0.3, 0.4) is 0 Å². The van der Waals surface area contributed by atoms with Gasteiger partial charge in [-0.15, -0.1) is 0 Å². The molecule has 2 aromatic rings. The van der Waals surface area contributed by atoms with Crippen LogP contribution in [0, 0.1) is 0 Å². The number of phenols is 1. The van der Waals surface area contributed by atoms with Crippen molar-refractivity contribution in [3.05, 3.63) is 70.3 Å². The van der Waals surface area contributed by atoms with Crippen LogP contribution in [0.2, 0.25) is 0 Å². The van der Waals surface area contributed by atoms with Crippen LogP contribution in [-0.2, 0) is 26.8 Å². The van der Waals surface area contributed by atoms with E-state index in [1.54, 1.807) is 13.0 Å². The van der Waals surface area contributed by atoms with Crippen molar-refractivity contribution in [1.82, 2.24) is 9.80 Å². The van der Waals surface area contributed by atoms with Gasteiger partial charge in [0.25, 0.3) is 0 Å². The third kappa shape index (κ3) is 7.70. The lowest BCUT2D eigenvalue weighted by Crippen LogP contribution is -2.48. The van der Waals surface area contributed by atoms with E-state index in [1.807, 2.05) is 47.4 Å². The summed E-state index contributed by atoms with van der Waals surface area (Å²) >= 11 is 0. The largest absolute Gasteiger partial charge is 0.507 e. The molecule has 0 unspecified atom stereocenters. The lowest BCUT2D eigenvalue weighted by molar-refractivity contribution is -0.127. The van der Waals surface area contributed by atoms with Gasteiger partial charge in [0.05, 0.1) is 12.2 Å². The predicted molar refractivity (Wildman–Crippen MR) is 154 cm³/mol. The Kier molecular flexibility index (Phi) is 9.42. The molecule has 3 rings (SSSR count). The summed E-state index contributed by atoms with van der Waals surface area (Å²) in [7, 11) is 0. The minimum Gasteiger partial charge on any atom is -0.507 e. The fraction of sp³-hybridized carbons (Fsp3) is 0.500. The SMILES string of the molecule is CCOC(=O)c1ccc(CCN2CCN(C(=O)C=Cc3cc(C(C)(C)C)c(O)c(C(C)(C)C)c3)CC2)cc1. The molecule has 38 heavy (non-hydrogen) atoms. The highest BCUT2D eigenvalue weighted by molar-refractivity contribution is 5.92. The zero-order valence-corrected chi connectivity index (χ0v) is 24.1. The van der Waals surface area contributed by atoms with Crippen molar-refractivity contribution in [3.8, 4) is 5.75 Å². The van der Waals surface area contributed by atoms with Gasteiger partial charge in [-0.25, -0.2) is 4.79 Å². The molecule has 2 aromatic carbocycles. The van der Waals surface area contributed by atoms with Crippen LogP contribution in [0.25, 0.3) is 6.08 Å². The fourth-order valence-corrected chi connectivity index (χ4v) is 4.67.